The topological polar surface area (TPSA) is 46.5 Å². The molecule has 0 aromatic heterocycles. The molecule has 0 radical (unpaired) electrons. The van der Waals surface area contributed by atoms with Gasteiger partial charge in [0, 0.05) is 0 Å². The second-order valence-corrected chi connectivity index (χ2v) is 6.55. The van der Waals surface area contributed by atoms with Crippen molar-refractivity contribution in [3.05, 3.63) is 30.1 Å². The third-order valence-corrected chi connectivity index (χ3v) is 4.84. The van der Waals surface area contributed by atoms with Crippen LogP contribution in [-0.2, 0) is 9.09 Å². The Morgan fingerprint density at radius 1 is 1.28 bits per heavy atom. The van der Waals surface area contributed by atoms with E-state index in [0.29, 0.717) is 5.92 Å². The van der Waals surface area contributed by atoms with Gasteiger partial charge in [-0.25, -0.2) is 4.39 Å². The molecular formula is C13H18FO3P. The maximum Gasteiger partial charge on any atom is 0.361 e. The predicted octanol–water partition coefficient (Wildman–Crippen LogP) is 3.23. The summed E-state index contributed by atoms with van der Waals surface area (Å²) < 4.78 is 30.5. The van der Waals surface area contributed by atoms with Crippen LogP contribution < -0.4 is 5.30 Å². The van der Waals surface area contributed by atoms with Gasteiger partial charge in [-0.05, 0) is 30.9 Å². The van der Waals surface area contributed by atoms with Gasteiger partial charge in [0.25, 0.3) is 0 Å². The van der Waals surface area contributed by atoms with Gasteiger partial charge in [0.2, 0.25) is 0 Å². The number of benzene rings is 1. The molecule has 1 N–H and O–H groups in total. The van der Waals surface area contributed by atoms with Crippen LogP contribution in [0.3, 0.4) is 0 Å². The second kappa shape index (κ2) is 5.96. The summed E-state index contributed by atoms with van der Waals surface area (Å²) in [7, 11) is -4.02. The first kappa shape index (κ1) is 13.7. The highest BCUT2D eigenvalue weighted by molar-refractivity contribution is 7.61. The van der Waals surface area contributed by atoms with Gasteiger partial charge in [-0.1, -0.05) is 31.4 Å². The van der Waals surface area contributed by atoms with Crippen LogP contribution in [-0.4, -0.2) is 11.5 Å². The van der Waals surface area contributed by atoms with Gasteiger partial charge in [-0.3, -0.25) is 4.57 Å². The van der Waals surface area contributed by atoms with Crippen molar-refractivity contribution < 1.29 is 18.4 Å². The molecule has 1 aliphatic rings. The SMILES string of the molecule is O=P(O)(OCC1CCCCC1)c1ccccc1F. The summed E-state index contributed by atoms with van der Waals surface area (Å²) in [5, 5.41) is -0.235. The second-order valence-electron chi connectivity index (χ2n) is 4.77. The van der Waals surface area contributed by atoms with E-state index in [-0.39, 0.29) is 11.9 Å². The van der Waals surface area contributed by atoms with Crippen molar-refractivity contribution in [2.45, 2.75) is 32.1 Å². The van der Waals surface area contributed by atoms with Crippen LogP contribution in [0.2, 0.25) is 0 Å². The van der Waals surface area contributed by atoms with E-state index in [1.807, 2.05) is 0 Å². The van der Waals surface area contributed by atoms with Crippen molar-refractivity contribution in [2.75, 3.05) is 6.61 Å². The molecule has 1 saturated carbocycles. The zero-order valence-corrected chi connectivity index (χ0v) is 11.1. The zero-order chi connectivity index (χ0) is 13.0. The van der Waals surface area contributed by atoms with E-state index >= 15 is 0 Å². The zero-order valence-electron chi connectivity index (χ0n) is 10.2. The Balaban J connectivity index is 1.99. The lowest BCUT2D eigenvalue weighted by molar-refractivity contribution is 0.191. The highest BCUT2D eigenvalue weighted by Crippen LogP contribution is 2.42. The first-order valence-electron chi connectivity index (χ1n) is 6.32. The van der Waals surface area contributed by atoms with Gasteiger partial charge < -0.3 is 9.42 Å². The average molecular weight is 272 g/mol. The van der Waals surface area contributed by atoms with E-state index in [1.54, 1.807) is 0 Å². The third kappa shape index (κ3) is 3.41. The number of hydrogen-bond acceptors (Lipinski definition) is 2. The van der Waals surface area contributed by atoms with Gasteiger partial charge in [0.15, 0.2) is 0 Å². The third-order valence-electron chi connectivity index (χ3n) is 3.37. The molecule has 0 bridgehead atoms. The Labute approximate surface area is 107 Å². The normalized spacial score (nSPS) is 20.6. The molecule has 2 rings (SSSR count). The maximum atomic E-state index is 13.4. The Hall–Kier alpha value is -0.700. The summed E-state index contributed by atoms with van der Waals surface area (Å²) in [4.78, 5) is 9.79. The molecule has 0 saturated heterocycles. The highest BCUT2D eigenvalue weighted by atomic mass is 31.2. The van der Waals surface area contributed by atoms with Crippen LogP contribution in [0.5, 0.6) is 0 Å². The number of hydrogen-bond donors (Lipinski definition) is 1. The summed E-state index contributed by atoms with van der Waals surface area (Å²) in [6.07, 6.45) is 5.56. The minimum absolute atomic E-state index is 0.235. The number of halogens is 1. The van der Waals surface area contributed by atoms with Crippen molar-refractivity contribution in [2.24, 2.45) is 5.92 Å². The van der Waals surface area contributed by atoms with E-state index < -0.39 is 13.4 Å². The quantitative estimate of drug-likeness (QED) is 0.856. The molecule has 1 fully saturated rings. The van der Waals surface area contributed by atoms with Crippen molar-refractivity contribution >= 4 is 12.9 Å². The molecule has 0 amide bonds. The van der Waals surface area contributed by atoms with Crippen molar-refractivity contribution in [3.8, 4) is 0 Å². The molecule has 18 heavy (non-hydrogen) atoms. The van der Waals surface area contributed by atoms with Crippen molar-refractivity contribution in [3.63, 3.8) is 0 Å². The first-order chi connectivity index (χ1) is 8.59. The molecule has 1 aromatic rings. The Kier molecular flexibility index (Phi) is 4.55. The van der Waals surface area contributed by atoms with E-state index in [2.05, 4.69) is 0 Å². The fourth-order valence-corrected chi connectivity index (χ4v) is 3.48. The van der Waals surface area contributed by atoms with Crippen LogP contribution in [0.1, 0.15) is 32.1 Å². The van der Waals surface area contributed by atoms with E-state index in [0.717, 1.165) is 25.7 Å². The van der Waals surface area contributed by atoms with Crippen molar-refractivity contribution in [1.29, 1.82) is 0 Å². The standard InChI is InChI=1S/C13H18FO3P/c14-12-8-4-5-9-13(12)18(15,16)17-10-11-6-2-1-3-7-11/h4-5,8-9,11H,1-3,6-7,10H2,(H,15,16). The molecule has 1 atom stereocenters. The van der Waals surface area contributed by atoms with Crippen molar-refractivity contribution in [1.82, 2.24) is 0 Å². The summed E-state index contributed by atoms with van der Waals surface area (Å²) in [6, 6.07) is 5.49. The fourth-order valence-electron chi connectivity index (χ4n) is 2.31. The summed E-state index contributed by atoms with van der Waals surface area (Å²) >= 11 is 0. The van der Waals surface area contributed by atoms with Gasteiger partial charge in [-0.15, -0.1) is 0 Å². The van der Waals surface area contributed by atoms with E-state index in [4.69, 9.17) is 4.52 Å². The monoisotopic (exact) mass is 272 g/mol. The Morgan fingerprint density at radius 2 is 1.94 bits per heavy atom. The molecule has 0 heterocycles. The smallest absolute Gasteiger partial charge is 0.321 e. The first-order valence-corrected chi connectivity index (χ1v) is 7.90. The fraction of sp³-hybridized carbons (Fsp3) is 0.538. The minimum atomic E-state index is -4.02. The van der Waals surface area contributed by atoms with Gasteiger partial charge in [-0.2, -0.15) is 0 Å². The Bertz CT molecular complexity index is 444. The van der Waals surface area contributed by atoms with Gasteiger partial charge >= 0.3 is 7.60 Å². The van der Waals surface area contributed by atoms with Crippen LogP contribution in [0.15, 0.2) is 24.3 Å². The molecule has 1 aromatic carbocycles. The lowest BCUT2D eigenvalue weighted by Crippen LogP contribution is -2.17. The largest absolute Gasteiger partial charge is 0.361 e. The number of rotatable bonds is 4. The molecule has 1 unspecified atom stereocenters. The predicted molar refractivity (Wildman–Crippen MR) is 68.4 cm³/mol. The van der Waals surface area contributed by atoms with Gasteiger partial charge in [0.1, 0.15) is 5.82 Å². The molecular weight excluding hydrogens is 254 g/mol. The Morgan fingerprint density at radius 3 is 2.61 bits per heavy atom. The summed E-state index contributed by atoms with van der Waals surface area (Å²) in [6.45, 7) is 0.238. The lowest BCUT2D eigenvalue weighted by Gasteiger charge is -2.22. The van der Waals surface area contributed by atoms with E-state index in [9.17, 15) is 13.8 Å². The molecule has 0 aliphatic heterocycles. The van der Waals surface area contributed by atoms with Crippen LogP contribution >= 0.6 is 7.60 Å². The van der Waals surface area contributed by atoms with Gasteiger partial charge in [0.05, 0.1) is 11.9 Å². The van der Waals surface area contributed by atoms with Crippen LogP contribution in [0.25, 0.3) is 0 Å². The minimum Gasteiger partial charge on any atom is -0.321 e. The lowest BCUT2D eigenvalue weighted by atomic mass is 9.90. The highest BCUT2D eigenvalue weighted by Gasteiger charge is 2.28. The summed E-state index contributed by atoms with van der Waals surface area (Å²) in [5.74, 6) is -0.363. The molecule has 0 spiro atoms. The summed E-state index contributed by atoms with van der Waals surface area (Å²) in [5.41, 5.74) is 0. The molecule has 3 nitrogen and oxygen atoms in total. The van der Waals surface area contributed by atoms with Crippen LogP contribution in [0, 0.1) is 11.7 Å². The molecule has 5 heteroatoms. The van der Waals surface area contributed by atoms with E-state index in [1.165, 1.54) is 30.7 Å². The maximum absolute atomic E-state index is 13.4. The molecule has 1 aliphatic carbocycles. The van der Waals surface area contributed by atoms with Crippen LogP contribution in [0.4, 0.5) is 4.39 Å². The molecule has 100 valence electrons. The average Bonchev–Trinajstić information content (AvgIpc) is 2.38.